The molecule has 1 aliphatic heterocycles. The molecule has 1 aliphatic rings. The van der Waals surface area contributed by atoms with E-state index in [9.17, 15) is 4.79 Å². The summed E-state index contributed by atoms with van der Waals surface area (Å²) in [6.07, 6.45) is 3.98. The molecule has 0 unspecified atom stereocenters. The average Bonchev–Trinajstić information content (AvgIpc) is 2.54. The van der Waals surface area contributed by atoms with E-state index in [0.717, 1.165) is 39.0 Å². The Balaban J connectivity index is 1.83. The number of carboxylic acids is 1. The van der Waals surface area contributed by atoms with E-state index in [1.807, 2.05) is 0 Å². The Bertz CT molecular complexity index is 464. The molecule has 4 heteroatoms. The standard InChI is InChI=1S/C18H28N2O2/c1-3-4-11-19(2)17-7-5-15(6-8-17)14-20-12-9-16(10-13-20)18(21)22/h5-8,16H,3-4,9-14H2,1-2H3,(H,21,22). The molecule has 2 rings (SSSR count). The van der Waals surface area contributed by atoms with Gasteiger partial charge in [0.2, 0.25) is 0 Å². The first kappa shape index (κ1) is 16.8. The minimum Gasteiger partial charge on any atom is -0.481 e. The van der Waals surface area contributed by atoms with Gasteiger partial charge >= 0.3 is 5.97 Å². The second-order valence-corrected chi connectivity index (χ2v) is 6.33. The van der Waals surface area contributed by atoms with Gasteiger partial charge in [-0.15, -0.1) is 0 Å². The van der Waals surface area contributed by atoms with Crippen LogP contribution in [0, 0.1) is 5.92 Å². The Morgan fingerprint density at radius 3 is 2.45 bits per heavy atom. The molecular formula is C18H28N2O2. The maximum Gasteiger partial charge on any atom is 0.306 e. The summed E-state index contributed by atoms with van der Waals surface area (Å²) in [6, 6.07) is 8.77. The zero-order chi connectivity index (χ0) is 15.9. The highest BCUT2D eigenvalue weighted by Gasteiger charge is 2.24. The van der Waals surface area contributed by atoms with E-state index >= 15 is 0 Å². The predicted octanol–water partition coefficient (Wildman–Crippen LogP) is 3.22. The number of unbranched alkanes of at least 4 members (excludes halogenated alkanes) is 1. The van der Waals surface area contributed by atoms with Crippen molar-refractivity contribution in [2.24, 2.45) is 5.92 Å². The van der Waals surface area contributed by atoms with Gasteiger partial charge in [0.05, 0.1) is 5.92 Å². The van der Waals surface area contributed by atoms with E-state index < -0.39 is 5.97 Å². The van der Waals surface area contributed by atoms with Crippen molar-refractivity contribution < 1.29 is 9.90 Å². The van der Waals surface area contributed by atoms with Crippen molar-refractivity contribution in [3.63, 3.8) is 0 Å². The van der Waals surface area contributed by atoms with Gasteiger partial charge in [-0.05, 0) is 50.0 Å². The average molecular weight is 304 g/mol. The van der Waals surface area contributed by atoms with Gasteiger partial charge in [0.15, 0.2) is 0 Å². The summed E-state index contributed by atoms with van der Waals surface area (Å²) in [5, 5.41) is 9.04. The van der Waals surface area contributed by atoms with Crippen LogP contribution >= 0.6 is 0 Å². The topological polar surface area (TPSA) is 43.8 Å². The van der Waals surface area contributed by atoms with Crippen LogP contribution in [0.2, 0.25) is 0 Å². The molecule has 0 spiro atoms. The molecule has 0 atom stereocenters. The molecule has 0 aliphatic carbocycles. The third-order valence-electron chi connectivity index (χ3n) is 4.57. The van der Waals surface area contributed by atoms with Crippen LogP contribution in [-0.2, 0) is 11.3 Å². The number of hydrogen-bond acceptors (Lipinski definition) is 3. The zero-order valence-electron chi connectivity index (χ0n) is 13.8. The Kier molecular flexibility index (Phi) is 6.25. The molecule has 1 N–H and O–H groups in total. The van der Waals surface area contributed by atoms with E-state index in [0.29, 0.717) is 0 Å². The van der Waals surface area contributed by atoms with Gasteiger partial charge in [-0.25, -0.2) is 0 Å². The fraction of sp³-hybridized carbons (Fsp3) is 0.611. The number of aliphatic carboxylic acids is 1. The third-order valence-corrected chi connectivity index (χ3v) is 4.57. The van der Waals surface area contributed by atoms with Gasteiger partial charge in [-0.2, -0.15) is 0 Å². The molecule has 1 aromatic carbocycles. The number of rotatable bonds is 7. The highest BCUT2D eigenvalue weighted by Crippen LogP contribution is 2.20. The maximum absolute atomic E-state index is 11.0. The molecule has 0 bridgehead atoms. The van der Waals surface area contributed by atoms with Gasteiger partial charge in [0.1, 0.15) is 0 Å². The van der Waals surface area contributed by atoms with Crippen molar-refractivity contribution in [2.75, 3.05) is 31.6 Å². The van der Waals surface area contributed by atoms with Crippen LogP contribution in [0.1, 0.15) is 38.2 Å². The van der Waals surface area contributed by atoms with Gasteiger partial charge < -0.3 is 10.0 Å². The summed E-state index contributed by atoms with van der Waals surface area (Å²) < 4.78 is 0. The van der Waals surface area contributed by atoms with E-state index in [1.165, 1.54) is 24.1 Å². The number of carboxylic acid groups (broad SMARTS) is 1. The first-order valence-corrected chi connectivity index (χ1v) is 8.35. The summed E-state index contributed by atoms with van der Waals surface area (Å²) in [6.45, 7) is 6.00. The number of carbonyl (C=O) groups is 1. The van der Waals surface area contributed by atoms with Crippen LogP contribution in [0.3, 0.4) is 0 Å². The highest BCUT2D eigenvalue weighted by molar-refractivity contribution is 5.70. The minimum atomic E-state index is -0.640. The van der Waals surface area contributed by atoms with Crippen molar-refractivity contribution in [1.29, 1.82) is 0 Å². The van der Waals surface area contributed by atoms with Crippen LogP contribution in [0.4, 0.5) is 5.69 Å². The molecule has 122 valence electrons. The van der Waals surface area contributed by atoms with Crippen molar-refractivity contribution >= 4 is 11.7 Å². The fourth-order valence-corrected chi connectivity index (χ4v) is 2.98. The van der Waals surface area contributed by atoms with Crippen molar-refractivity contribution in [2.45, 2.75) is 39.2 Å². The van der Waals surface area contributed by atoms with Crippen molar-refractivity contribution in [3.8, 4) is 0 Å². The molecule has 0 aromatic heterocycles. The minimum absolute atomic E-state index is 0.147. The summed E-state index contributed by atoms with van der Waals surface area (Å²) >= 11 is 0. The molecule has 22 heavy (non-hydrogen) atoms. The molecule has 0 radical (unpaired) electrons. The maximum atomic E-state index is 11.0. The number of anilines is 1. The van der Waals surface area contributed by atoms with Gasteiger partial charge in [0.25, 0.3) is 0 Å². The molecule has 1 saturated heterocycles. The predicted molar refractivity (Wildman–Crippen MR) is 90.3 cm³/mol. The summed E-state index contributed by atoms with van der Waals surface area (Å²) in [4.78, 5) is 15.6. The van der Waals surface area contributed by atoms with Crippen LogP contribution in [0.5, 0.6) is 0 Å². The molecule has 0 saturated carbocycles. The fourth-order valence-electron chi connectivity index (χ4n) is 2.98. The van der Waals surface area contributed by atoms with Gasteiger partial charge in [-0.3, -0.25) is 9.69 Å². The number of benzene rings is 1. The molecule has 0 amide bonds. The van der Waals surface area contributed by atoms with Gasteiger partial charge in [0, 0.05) is 25.8 Å². The largest absolute Gasteiger partial charge is 0.481 e. The second-order valence-electron chi connectivity index (χ2n) is 6.33. The van der Waals surface area contributed by atoms with Crippen molar-refractivity contribution in [3.05, 3.63) is 29.8 Å². The Morgan fingerprint density at radius 2 is 1.91 bits per heavy atom. The van der Waals surface area contributed by atoms with E-state index in [4.69, 9.17) is 5.11 Å². The lowest BCUT2D eigenvalue weighted by atomic mass is 9.97. The van der Waals surface area contributed by atoms with E-state index in [1.54, 1.807) is 0 Å². The first-order valence-electron chi connectivity index (χ1n) is 8.35. The monoisotopic (exact) mass is 304 g/mol. The lowest BCUT2D eigenvalue weighted by Crippen LogP contribution is -2.35. The van der Waals surface area contributed by atoms with Crippen LogP contribution < -0.4 is 4.90 Å². The molecule has 4 nitrogen and oxygen atoms in total. The Hall–Kier alpha value is -1.55. The van der Waals surface area contributed by atoms with Gasteiger partial charge in [-0.1, -0.05) is 25.5 Å². The lowest BCUT2D eigenvalue weighted by Gasteiger charge is -2.30. The zero-order valence-corrected chi connectivity index (χ0v) is 13.8. The molecular weight excluding hydrogens is 276 g/mol. The first-order chi connectivity index (χ1) is 10.6. The number of hydrogen-bond donors (Lipinski definition) is 1. The Labute approximate surface area is 133 Å². The summed E-state index contributed by atoms with van der Waals surface area (Å²) in [7, 11) is 2.14. The van der Waals surface area contributed by atoms with E-state index in [-0.39, 0.29) is 5.92 Å². The smallest absolute Gasteiger partial charge is 0.306 e. The quantitative estimate of drug-likeness (QED) is 0.840. The molecule has 1 aromatic rings. The van der Waals surface area contributed by atoms with Crippen LogP contribution in [0.25, 0.3) is 0 Å². The molecule has 1 fully saturated rings. The molecule has 1 heterocycles. The summed E-state index contributed by atoms with van der Waals surface area (Å²) in [5.74, 6) is -0.787. The second kappa shape index (κ2) is 8.18. The van der Waals surface area contributed by atoms with Crippen LogP contribution in [-0.4, -0.2) is 42.7 Å². The summed E-state index contributed by atoms with van der Waals surface area (Å²) in [5.41, 5.74) is 2.57. The third kappa shape index (κ3) is 4.73. The normalized spacial score (nSPS) is 16.6. The number of piperidine rings is 1. The SMILES string of the molecule is CCCCN(C)c1ccc(CN2CCC(C(=O)O)CC2)cc1. The van der Waals surface area contributed by atoms with Crippen LogP contribution in [0.15, 0.2) is 24.3 Å². The Morgan fingerprint density at radius 1 is 1.27 bits per heavy atom. The van der Waals surface area contributed by atoms with Crippen molar-refractivity contribution in [1.82, 2.24) is 4.90 Å². The number of nitrogens with zero attached hydrogens (tertiary/aromatic N) is 2. The van der Waals surface area contributed by atoms with E-state index in [2.05, 4.69) is 48.0 Å². The highest BCUT2D eigenvalue weighted by atomic mass is 16.4. The lowest BCUT2D eigenvalue weighted by molar-refractivity contribution is -0.143. The number of likely N-dealkylation sites (tertiary alicyclic amines) is 1.